The van der Waals surface area contributed by atoms with E-state index in [1.165, 1.54) is 11.1 Å². The Morgan fingerprint density at radius 2 is 1.21 bits per heavy atom. The van der Waals surface area contributed by atoms with Gasteiger partial charge >= 0.3 is 5.97 Å². The van der Waals surface area contributed by atoms with Crippen LogP contribution in [0.15, 0.2) is 121 Å². The van der Waals surface area contributed by atoms with Gasteiger partial charge in [0, 0.05) is 13.0 Å². The third-order valence-electron chi connectivity index (χ3n) is 8.29. The van der Waals surface area contributed by atoms with Gasteiger partial charge in [-0.1, -0.05) is 109 Å². The third-order valence-corrected chi connectivity index (χ3v) is 8.29. The van der Waals surface area contributed by atoms with E-state index in [1.807, 2.05) is 43.3 Å². The summed E-state index contributed by atoms with van der Waals surface area (Å²) in [6, 6.07) is 41.9. The Labute approximate surface area is 277 Å². The molecule has 0 radical (unpaired) electrons. The zero-order chi connectivity index (χ0) is 32.4. The molecule has 0 aromatic heterocycles. The SMILES string of the molecule is CCOC(=O)C(Cc1ccc(OCCOC2c3cc(-c4ccccc4)ccc3C=Cc3ccc(-c4ccccc4)cc32)cc1)OCC. The first-order valence-electron chi connectivity index (χ1n) is 16.3. The molecule has 0 fully saturated rings. The number of hydrogen-bond donors (Lipinski definition) is 0. The van der Waals surface area contributed by atoms with Gasteiger partial charge in [-0.2, -0.15) is 0 Å². The molecule has 5 aromatic rings. The average Bonchev–Trinajstić information content (AvgIpc) is 3.27. The van der Waals surface area contributed by atoms with E-state index < -0.39 is 6.10 Å². The topological polar surface area (TPSA) is 54.0 Å². The lowest BCUT2D eigenvalue weighted by atomic mass is 9.91. The Morgan fingerprint density at radius 1 is 0.638 bits per heavy atom. The van der Waals surface area contributed by atoms with E-state index >= 15 is 0 Å². The summed E-state index contributed by atoms with van der Waals surface area (Å²) in [6.45, 7) is 5.22. The number of fused-ring (bicyclic) bond motifs is 2. The number of ether oxygens (including phenoxy) is 4. The fourth-order valence-electron chi connectivity index (χ4n) is 5.96. The molecule has 0 bridgehead atoms. The molecule has 1 unspecified atom stereocenters. The van der Waals surface area contributed by atoms with E-state index in [-0.39, 0.29) is 12.1 Å². The summed E-state index contributed by atoms with van der Waals surface area (Å²) in [4.78, 5) is 12.3. The molecule has 0 heterocycles. The van der Waals surface area contributed by atoms with Gasteiger partial charge in [-0.25, -0.2) is 4.79 Å². The molecule has 5 aromatic carbocycles. The first-order valence-corrected chi connectivity index (χ1v) is 16.3. The predicted octanol–water partition coefficient (Wildman–Crippen LogP) is 9.20. The number of hydrogen-bond acceptors (Lipinski definition) is 5. The molecule has 5 heteroatoms. The van der Waals surface area contributed by atoms with Crippen molar-refractivity contribution in [2.75, 3.05) is 26.4 Å². The molecule has 1 atom stereocenters. The van der Waals surface area contributed by atoms with Gasteiger partial charge < -0.3 is 18.9 Å². The normalized spacial score (nSPS) is 12.9. The molecule has 47 heavy (non-hydrogen) atoms. The maximum atomic E-state index is 12.3. The van der Waals surface area contributed by atoms with Crippen molar-refractivity contribution >= 4 is 18.1 Å². The maximum absolute atomic E-state index is 12.3. The molecule has 0 saturated heterocycles. The van der Waals surface area contributed by atoms with E-state index in [2.05, 4.69) is 97.1 Å². The summed E-state index contributed by atoms with van der Waals surface area (Å²) in [5, 5.41) is 0. The fraction of sp³-hybridized carbons (Fsp3) is 0.214. The van der Waals surface area contributed by atoms with Crippen LogP contribution in [0.25, 0.3) is 34.4 Å². The molecule has 0 spiro atoms. The highest BCUT2D eigenvalue weighted by molar-refractivity contribution is 5.80. The quantitative estimate of drug-likeness (QED) is 0.0966. The molecule has 0 amide bonds. The second-order valence-corrected chi connectivity index (χ2v) is 11.4. The van der Waals surface area contributed by atoms with Gasteiger partial charge in [-0.15, -0.1) is 0 Å². The lowest BCUT2D eigenvalue weighted by Gasteiger charge is -2.23. The summed E-state index contributed by atoms with van der Waals surface area (Å²) < 4.78 is 23.7. The number of carbonyl (C=O) groups excluding carboxylic acids is 1. The number of carbonyl (C=O) groups is 1. The Kier molecular flexibility index (Phi) is 10.6. The van der Waals surface area contributed by atoms with E-state index in [4.69, 9.17) is 18.9 Å². The summed E-state index contributed by atoms with van der Waals surface area (Å²) in [7, 11) is 0. The van der Waals surface area contributed by atoms with Crippen LogP contribution in [0.5, 0.6) is 5.75 Å². The number of esters is 1. The van der Waals surface area contributed by atoms with Gasteiger partial charge in [0.05, 0.1) is 13.2 Å². The van der Waals surface area contributed by atoms with Gasteiger partial charge in [0.1, 0.15) is 18.5 Å². The molecule has 0 aliphatic heterocycles. The predicted molar refractivity (Wildman–Crippen MR) is 188 cm³/mol. The van der Waals surface area contributed by atoms with Crippen molar-refractivity contribution in [1.29, 1.82) is 0 Å². The van der Waals surface area contributed by atoms with Gasteiger partial charge in [0.25, 0.3) is 0 Å². The van der Waals surface area contributed by atoms with Crippen molar-refractivity contribution in [1.82, 2.24) is 0 Å². The van der Waals surface area contributed by atoms with Crippen LogP contribution in [0.4, 0.5) is 0 Å². The second-order valence-electron chi connectivity index (χ2n) is 11.4. The second kappa shape index (κ2) is 15.5. The van der Waals surface area contributed by atoms with Gasteiger partial charge in [-0.05, 0) is 88.2 Å². The van der Waals surface area contributed by atoms with Crippen LogP contribution in [0.1, 0.15) is 47.8 Å². The lowest BCUT2D eigenvalue weighted by molar-refractivity contribution is -0.156. The van der Waals surface area contributed by atoms with Crippen LogP contribution >= 0.6 is 0 Å². The van der Waals surface area contributed by atoms with Crippen LogP contribution in [-0.4, -0.2) is 38.5 Å². The van der Waals surface area contributed by atoms with Crippen molar-refractivity contribution in [3.63, 3.8) is 0 Å². The lowest BCUT2D eigenvalue weighted by Crippen LogP contribution is -2.28. The smallest absolute Gasteiger partial charge is 0.335 e. The maximum Gasteiger partial charge on any atom is 0.335 e. The minimum absolute atomic E-state index is 0.285. The van der Waals surface area contributed by atoms with Crippen LogP contribution in [0.3, 0.4) is 0 Å². The van der Waals surface area contributed by atoms with Crippen molar-refractivity contribution in [3.8, 4) is 28.0 Å². The molecule has 1 aliphatic carbocycles. The summed E-state index contributed by atoms with van der Waals surface area (Å²) in [6.07, 6.45) is 3.91. The first-order chi connectivity index (χ1) is 23.1. The fourth-order valence-corrected chi connectivity index (χ4v) is 5.96. The summed E-state index contributed by atoms with van der Waals surface area (Å²) in [5.41, 5.74) is 10.1. The zero-order valence-corrected chi connectivity index (χ0v) is 26.9. The first kappa shape index (κ1) is 32.0. The van der Waals surface area contributed by atoms with Gasteiger partial charge in [-0.3, -0.25) is 0 Å². The Balaban J connectivity index is 1.21. The van der Waals surface area contributed by atoms with Crippen molar-refractivity contribution in [2.24, 2.45) is 0 Å². The number of benzene rings is 5. The van der Waals surface area contributed by atoms with Gasteiger partial charge in [0.2, 0.25) is 0 Å². The zero-order valence-electron chi connectivity index (χ0n) is 26.9. The summed E-state index contributed by atoms with van der Waals surface area (Å²) >= 11 is 0. The van der Waals surface area contributed by atoms with Crippen molar-refractivity contribution in [2.45, 2.75) is 32.5 Å². The van der Waals surface area contributed by atoms with Crippen molar-refractivity contribution < 1.29 is 23.7 Å². The third kappa shape index (κ3) is 7.89. The highest BCUT2D eigenvalue weighted by Gasteiger charge is 2.24. The highest BCUT2D eigenvalue weighted by atomic mass is 16.6. The van der Waals surface area contributed by atoms with E-state index in [9.17, 15) is 4.79 Å². The molecule has 5 nitrogen and oxygen atoms in total. The van der Waals surface area contributed by atoms with Crippen LogP contribution < -0.4 is 4.74 Å². The molecule has 238 valence electrons. The standard InChI is InChI=1S/C42H40O5/c1-3-44-40(42(43)45-4-2)27-30-15-23-37(24-16-30)46-25-26-47-41-38-28-35(31-11-7-5-8-12-31)21-19-33(38)17-18-34-20-22-36(29-39(34)41)32-13-9-6-10-14-32/h5-24,28-29,40-41H,3-4,25-27H2,1-2H3. The van der Waals surface area contributed by atoms with E-state index in [0.29, 0.717) is 32.8 Å². The number of rotatable bonds is 13. The molecule has 1 aliphatic rings. The monoisotopic (exact) mass is 624 g/mol. The van der Waals surface area contributed by atoms with Crippen LogP contribution in [0.2, 0.25) is 0 Å². The minimum atomic E-state index is -0.621. The summed E-state index contributed by atoms with van der Waals surface area (Å²) in [5.74, 6) is 0.401. The molecule has 0 N–H and O–H groups in total. The Hall–Kier alpha value is -4.97. The average molecular weight is 625 g/mol. The Bertz CT molecular complexity index is 1700. The minimum Gasteiger partial charge on any atom is -0.491 e. The van der Waals surface area contributed by atoms with E-state index in [0.717, 1.165) is 44.7 Å². The van der Waals surface area contributed by atoms with E-state index in [1.54, 1.807) is 6.92 Å². The molecular formula is C42H40O5. The van der Waals surface area contributed by atoms with Crippen LogP contribution in [-0.2, 0) is 25.4 Å². The largest absolute Gasteiger partial charge is 0.491 e. The molecular weight excluding hydrogens is 584 g/mol. The highest BCUT2D eigenvalue weighted by Crippen LogP contribution is 2.39. The van der Waals surface area contributed by atoms with Crippen LogP contribution in [0, 0.1) is 0 Å². The van der Waals surface area contributed by atoms with Gasteiger partial charge in [0.15, 0.2) is 6.10 Å². The molecule has 0 saturated carbocycles. The van der Waals surface area contributed by atoms with Crippen molar-refractivity contribution in [3.05, 3.63) is 149 Å². The Morgan fingerprint density at radius 3 is 1.74 bits per heavy atom. The molecule has 6 rings (SSSR count).